The number of anilines is 1. The summed E-state index contributed by atoms with van der Waals surface area (Å²) in [5.74, 6) is 1.05. The maximum Gasteiger partial charge on any atom is 0.573 e. The number of nitrogens with one attached hydrogen (secondary N) is 1. The van der Waals surface area contributed by atoms with Gasteiger partial charge in [-0.25, -0.2) is 4.98 Å². The van der Waals surface area contributed by atoms with E-state index in [9.17, 15) is 22.8 Å². The fourth-order valence-electron chi connectivity index (χ4n) is 3.66. The zero-order chi connectivity index (χ0) is 25.3. The third-order valence-corrected chi connectivity index (χ3v) is 7.20. The molecular weight excluding hydrogens is 519 g/mol. The number of halogens is 3. The van der Waals surface area contributed by atoms with Gasteiger partial charge in [0.15, 0.2) is 16.7 Å². The molecule has 2 aromatic carbocycles. The highest BCUT2D eigenvalue weighted by molar-refractivity contribution is 8.00. The lowest BCUT2D eigenvalue weighted by Gasteiger charge is -2.19. The Kier molecular flexibility index (Phi) is 6.75. The molecule has 3 heterocycles. The number of aryl methyl sites for hydroxylation is 1. The van der Waals surface area contributed by atoms with Crippen LogP contribution in [0.3, 0.4) is 0 Å². The van der Waals surface area contributed by atoms with Crippen LogP contribution in [0, 0.1) is 0 Å². The van der Waals surface area contributed by atoms with Crippen LogP contribution in [0.1, 0.15) is 5.69 Å². The Labute approximate surface area is 211 Å². The largest absolute Gasteiger partial charge is 0.573 e. The maximum absolute atomic E-state index is 13.2. The number of nitrogens with zero attached hydrogens (tertiary/aromatic N) is 2. The van der Waals surface area contributed by atoms with Crippen LogP contribution in [0.2, 0.25) is 0 Å². The summed E-state index contributed by atoms with van der Waals surface area (Å²) in [6.07, 6.45) is -4.21. The molecule has 0 unspecified atom stereocenters. The minimum absolute atomic E-state index is 0.0535. The van der Waals surface area contributed by atoms with E-state index in [0.717, 1.165) is 23.9 Å². The summed E-state index contributed by atoms with van der Waals surface area (Å²) in [5, 5.41) is 3.05. The Balaban J connectivity index is 1.36. The van der Waals surface area contributed by atoms with Crippen molar-refractivity contribution in [3.8, 4) is 22.9 Å². The number of carbonyl (C=O) groups is 1. The van der Waals surface area contributed by atoms with Gasteiger partial charge in [0.1, 0.15) is 19.0 Å². The maximum atomic E-state index is 13.2. The molecule has 2 aliphatic rings. The Bertz CT molecular complexity index is 1360. The molecule has 8 nitrogen and oxygen atoms in total. The Morgan fingerprint density at radius 3 is 2.64 bits per heavy atom. The predicted octanol–water partition coefficient (Wildman–Crippen LogP) is 4.28. The summed E-state index contributed by atoms with van der Waals surface area (Å²) in [4.78, 5) is 31.0. The Hall–Kier alpha value is -3.32. The van der Waals surface area contributed by atoms with Gasteiger partial charge in [0, 0.05) is 23.9 Å². The fraction of sp³-hybridized carbons (Fsp3) is 0.261. The summed E-state index contributed by atoms with van der Waals surface area (Å²) < 4.78 is 53.8. The number of hydrogen-bond donors (Lipinski definition) is 1. The van der Waals surface area contributed by atoms with Gasteiger partial charge in [-0.1, -0.05) is 11.8 Å². The minimum Gasteiger partial charge on any atom is -0.486 e. The van der Waals surface area contributed by atoms with Crippen LogP contribution in [-0.4, -0.2) is 46.5 Å². The molecule has 0 saturated carbocycles. The lowest BCUT2D eigenvalue weighted by atomic mass is 10.2. The van der Waals surface area contributed by atoms with Crippen molar-refractivity contribution in [2.24, 2.45) is 0 Å². The van der Waals surface area contributed by atoms with Crippen molar-refractivity contribution in [2.75, 3.05) is 30.0 Å². The van der Waals surface area contributed by atoms with Crippen LogP contribution in [0.5, 0.6) is 17.2 Å². The third kappa shape index (κ3) is 5.41. The molecule has 3 aromatic rings. The molecule has 1 aromatic heterocycles. The number of hydrogen-bond acceptors (Lipinski definition) is 8. The third-order valence-electron chi connectivity index (χ3n) is 5.15. The van der Waals surface area contributed by atoms with Gasteiger partial charge >= 0.3 is 6.36 Å². The second-order valence-corrected chi connectivity index (χ2v) is 9.69. The van der Waals surface area contributed by atoms with Gasteiger partial charge in [-0.3, -0.25) is 14.2 Å². The van der Waals surface area contributed by atoms with E-state index >= 15 is 0 Å². The number of alkyl halides is 3. The first-order valence-electron chi connectivity index (χ1n) is 10.7. The zero-order valence-electron chi connectivity index (χ0n) is 18.5. The van der Waals surface area contributed by atoms with Crippen LogP contribution in [0.15, 0.2) is 57.3 Å². The van der Waals surface area contributed by atoms with E-state index in [2.05, 4.69) is 15.0 Å². The minimum atomic E-state index is -4.82. The number of fused-ring (bicyclic) bond motifs is 2. The summed E-state index contributed by atoms with van der Waals surface area (Å²) in [6.45, 7) is 0.880. The molecule has 0 saturated heterocycles. The normalized spacial score (nSPS) is 14.3. The fourth-order valence-corrected chi connectivity index (χ4v) is 5.52. The van der Waals surface area contributed by atoms with Crippen LogP contribution in [-0.2, 0) is 11.2 Å². The van der Waals surface area contributed by atoms with Gasteiger partial charge in [-0.15, -0.1) is 24.9 Å². The molecule has 13 heteroatoms. The first-order valence-corrected chi connectivity index (χ1v) is 12.7. The number of ether oxygens (including phenoxy) is 3. The standard InChI is InChI=1S/C23H18F3N3O5S2/c24-23(25,26)34-15-4-2-14(3-5-15)29-21(31)20-16(7-10-35-20)28-22(29)36-12-19(30)27-13-1-6-17-18(11-13)33-9-8-32-17/h1-6,11H,7-10,12H2,(H,27,30). The van der Waals surface area contributed by atoms with E-state index in [-0.39, 0.29) is 22.4 Å². The van der Waals surface area contributed by atoms with Crippen molar-refractivity contribution in [3.63, 3.8) is 0 Å². The molecule has 2 aliphatic heterocycles. The summed E-state index contributed by atoms with van der Waals surface area (Å²) in [5.41, 5.74) is 1.16. The second kappa shape index (κ2) is 9.97. The van der Waals surface area contributed by atoms with E-state index in [1.807, 2.05) is 0 Å². The molecule has 0 atom stereocenters. The molecule has 0 radical (unpaired) electrons. The average Bonchev–Trinajstić information content (AvgIpc) is 3.32. The molecule has 1 amide bonds. The van der Waals surface area contributed by atoms with Gasteiger partial charge in [0.2, 0.25) is 5.91 Å². The zero-order valence-corrected chi connectivity index (χ0v) is 20.1. The van der Waals surface area contributed by atoms with Gasteiger partial charge in [0.05, 0.1) is 22.0 Å². The van der Waals surface area contributed by atoms with E-state index in [1.165, 1.54) is 28.5 Å². The van der Waals surface area contributed by atoms with Crippen molar-refractivity contribution >= 4 is 35.1 Å². The smallest absolute Gasteiger partial charge is 0.486 e. The van der Waals surface area contributed by atoms with Crippen molar-refractivity contribution in [1.29, 1.82) is 0 Å². The van der Waals surface area contributed by atoms with Crippen LogP contribution >= 0.6 is 23.5 Å². The second-order valence-electron chi connectivity index (χ2n) is 7.65. The lowest BCUT2D eigenvalue weighted by Crippen LogP contribution is -2.25. The van der Waals surface area contributed by atoms with E-state index < -0.39 is 12.1 Å². The van der Waals surface area contributed by atoms with Crippen molar-refractivity contribution in [3.05, 3.63) is 58.5 Å². The van der Waals surface area contributed by atoms with E-state index in [1.54, 1.807) is 18.2 Å². The van der Waals surface area contributed by atoms with Gasteiger partial charge in [-0.2, -0.15) is 0 Å². The molecule has 36 heavy (non-hydrogen) atoms. The first kappa shape index (κ1) is 24.4. The topological polar surface area (TPSA) is 91.7 Å². The van der Waals surface area contributed by atoms with Crippen LogP contribution < -0.4 is 25.1 Å². The molecule has 188 valence electrons. The molecule has 0 aliphatic carbocycles. The average molecular weight is 538 g/mol. The van der Waals surface area contributed by atoms with Crippen LogP contribution in [0.4, 0.5) is 18.9 Å². The summed E-state index contributed by atoms with van der Waals surface area (Å²) >= 11 is 2.44. The molecule has 1 N–H and O–H groups in total. The molecule has 0 spiro atoms. The Morgan fingerprint density at radius 2 is 1.89 bits per heavy atom. The van der Waals surface area contributed by atoms with Crippen molar-refractivity contribution in [1.82, 2.24) is 9.55 Å². The van der Waals surface area contributed by atoms with Crippen molar-refractivity contribution in [2.45, 2.75) is 22.8 Å². The molecular formula is C23H18F3N3O5S2. The number of thioether (sulfide) groups is 2. The number of amides is 1. The van der Waals surface area contributed by atoms with Gasteiger partial charge in [0.25, 0.3) is 5.56 Å². The molecule has 5 rings (SSSR count). The van der Waals surface area contributed by atoms with Gasteiger partial charge < -0.3 is 19.5 Å². The predicted molar refractivity (Wildman–Crippen MR) is 128 cm³/mol. The summed E-state index contributed by atoms with van der Waals surface area (Å²) in [7, 11) is 0. The number of benzene rings is 2. The highest BCUT2D eigenvalue weighted by atomic mass is 32.2. The Morgan fingerprint density at radius 1 is 1.14 bits per heavy atom. The number of carbonyl (C=O) groups excluding carboxylic acids is 1. The number of rotatable bonds is 6. The van der Waals surface area contributed by atoms with Gasteiger partial charge in [-0.05, 0) is 36.4 Å². The highest BCUT2D eigenvalue weighted by Gasteiger charge is 2.31. The molecule has 0 bridgehead atoms. The molecule has 0 fully saturated rings. The lowest BCUT2D eigenvalue weighted by molar-refractivity contribution is -0.274. The monoisotopic (exact) mass is 537 g/mol. The highest BCUT2D eigenvalue weighted by Crippen LogP contribution is 2.33. The van der Waals surface area contributed by atoms with E-state index in [0.29, 0.717) is 58.9 Å². The quantitative estimate of drug-likeness (QED) is 0.368. The summed E-state index contributed by atoms with van der Waals surface area (Å²) in [6, 6.07) is 10.0. The number of aromatic nitrogens is 2. The van der Waals surface area contributed by atoms with E-state index in [4.69, 9.17) is 9.47 Å². The first-order chi connectivity index (χ1) is 17.3. The SMILES string of the molecule is O=C(CSc1nc2c(c(=O)n1-c1ccc(OC(F)(F)F)cc1)SCC2)Nc1ccc2c(c1)OCCO2. The van der Waals surface area contributed by atoms with Crippen molar-refractivity contribution < 1.29 is 32.2 Å². The van der Waals surface area contributed by atoms with Crippen LogP contribution in [0.25, 0.3) is 5.69 Å².